The fraction of sp³-hybridized carbons (Fsp3) is 0.417. The fourth-order valence-electron chi connectivity index (χ4n) is 2.12. The lowest BCUT2D eigenvalue weighted by molar-refractivity contribution is 0.0696. The van der Waals surface area contributed by atoms with Crippen LogP contribution in [0.4, 0.5) is 10.1 Å². The van der Waals surface area contributed by atoms with Crippen molar-refractivity contribution in [3.05, 3.63) is 29.6 Å². The number of rotatable bonds is 3. The summed E-state index contributed by atoms with van der Waals surface area (Å²) in [6, 6.07) is 3.19. The molecule has 1 heterocycles. The molecule has 2 rings (SSSR count). The molecule has 0 aliphatic carbocycles. The lowest BCUT2D eigenvalue weighted by Crippen LogP contribution is -2.35. The Morgan fingerprint density at radius 3 is 2.74 bits per heavy atom. The summed E-state index contributed by atoms with van der Waals surface area (Å²) in [4.78, 5) is 10.7. The third-order valence-electron chi connectivity index (χ3n) is 3.04. The van der Waals surface area contributed by atoms with E-state index in [1.54, 1.807) is 0 Å². The van der Waals surface area contributed by atoms with E-state index in [2.05, 4.69) is 5.32 Å². The normalized spacial score (nSPS) is 21.8. The van der Waals surface area contributed by atoms with Crippen LogP contribution in [0.3, 0.4) is 0 Å². The molecule has 1 aromatic carbocycles. The van der Waals surface area contributed by atoms with Gasteiger partial charge in [-0.2, -0.15) is 0 Å². The molecule has 1 fully saturated rings. The first-order valence-corrected chi connectivity index (χ1v) is 7.69. The molecule has 7 heteroatoms. The van der Waals surface area contributed by atoms with Crippen LogP contribution in [0.15, 0.2) is 18.2 Å². The number of nitrogens with one attached hydrogen (secondary N) is 1. The Hall–Kier alpha value is -1.63. The van der Waals surface area contributed by atoms with Crippen molar-refractivity contribution in [1.29, 1.82) is 0 Å². The molecule has 2 N–H and O–H groups in total. The minimum absolute atomic E-state index is 0.0207. The van der Waals surface area contributed by atoms with Gasteiger partial charge in [-0.3, -0.25) is 0 Å². The topological polar surface area (TPSA) is 83.5 Å². The SMILES string of the molecule is O=C(O)c1ccc(NC2CCCS(=O)(=O)C2)c(F)c1. The van der Waals surface area contributed by atoms with Gasteiger partial charge in [-0.05, 0) is 31.0 Å². The van der Waals surface area contributed by atoms with E-state index in [0.29, 0.717) is 12.8 Å². The molecule has 0 spiro atoms. The van der Waals surface area contributed by atoms with Crippen LogP contribution >= 0.6 is 0 Å². The summed E-state index contributed by atoms with van der Waals surface area (Å²) < 4.78 is 36.6. The van der Waals surface area contributed by atoms with E-state index < -0.39 is 21.6 Å². The van der Waals surface area contributed by atoms with E-state index in [1.165, 1.54) is 12.1 Å². The van der Waals surface area contributed by atoms with Gasteiger partial charge in [0.15, 0.2) is 9.84 Å². The summed E-state index contributed by atoms with van der Waals surface area (Å²) in [5.41, 5.74) is -0.00795. The zero-order valence-corrected chi connectivity index (χ0v) is 10.9. The molecule has 0 radical (unpaired) electrons. The number of carboxylic acids is 1. The molecular weight excluding hydrogens is 273 g/mol. The Morgan fingerprint density at radius 1 is 1.42 bits per heavy atom. The maximum absolute atomic E-state index is 13.7. The zero-order chi connectivity index (χ0) is 14.0. The van der Waals surface area contributed by atoms with E-state index in [4.69, 9.17) is 5.11 Å². The van der Waals surface area contributed by atoms with Crippen molar-refractivity contribution in [2.45, 2.75) is 18.9 Å². The number of halogens is 1. The Balaban J connectivity index is 2.13. The highest BCUT2D eigenvalue weighted by Gasteiger charge is 2.25. The second-order valence-electron chi connectivity index (χ2n) is 4.60. The monoisotopic (exact) mass is 287 g/mol. The van der Waals surface area contributed by atoms with Crippen molar-refractivity contribution >= 4 is 21.5 Å². The van der Waals surface area contributed by atoms with E-state index in [1.807, 2.05) is 0 Å². The highest BCUT2D eigenvalue weighted by atomic mass is 32.2. The first kappa shape index (κ1) is 13.8. The van der Waals surface area contributed by atoms with Crippen molar-refractivity contribution < 1.29 is 22.7 Å². The Kier molecular flexibility index (Phi) is 3.75. The van der Waals surface area contributed by atoms with Gasteiger partial charge in [-0.1, -0.05) is 0 Å². The van der Waals surface area contributed by atoms with E-state index in [-0.39, 0.29) is 28.8 Å². The highest BCUT2D eigenvalue weighted by molar-refractivity contribution is 7.91. The predicted molar refractivity (Wildman–Crippen MR) is 68.7 cm³/mol. The lowest BCUT2D eigenvalue weighted by atomic mass is 10.1. The van der Waals surface area contributed by atoms with Crippen molar-refractivity contribution in [2.75, 3.05) is 16.8 Å². The van der Waals surface area contributed by atoms with Gasteiger partial charge in [0, 0.05) is 6.04 Å². The molecule has 0 saturated carbocycles. The number of aromatic carboxylic acids is 1. The lowest BCUT2D eigenvalue weighted by Gasteiger charge is -2.24. The van der Waals surface area contributed by atoms with Crippen molar-refractivity contribution in [3.63, 3.8) is 0 Å². The average molecular weight is 287 g/mol. The molecule has 0 bridgehead atoms. The number of sulfone groups is 1. The molecule has 5 nitrogen and oxygen atoms in total. The second-order valence-corrected chi connectivity index (χ2v) is 6.83. The fourth-order valence-corrected chi connectivity index (χ4v) is 3.76. The van der Waals surface area contributed by atoms with Gasteiger partial charge in [0.2, 0.25) is 0 Å². The molecule has 1 atom stereocenters. The van der Waals surface area contributed by atoms with Gasteiger partial charge in [0.05, 0.1) is 22.8 Å². The van der Waals surface area contributed by atoms with E-state index in [9.17, 15) is 17.6 Å². The Labute approximate surface area is 110 Å². The quantitative estimate of drug-likeness (QED) is 0.880. The van der Waals surface area contributed by atoms with Crippen molar-refractivity contribution in [2.24, 2.45) is 0 Å². The van der Waals surface area contributed by atoms with Crippen LogP contribution in [0, 0.1) is 5.82 Å². The minimum Gasteiger partial charge on any atom is -0.478 e. The van der Waals surface area contributed by atoms with Crippen LogP contribution in [-0.4, -0.2) is 37.0 Å². The minimum atomic E-state index is -3.07. The van der Waals surface area contributed by atoms with Gasteiger partial charge in [-0.15, -0.1) is 0 Å². The van der Waals surface area contributed by atoms with Gasteiger partial charge < -0.3 is 10.4 Å². The van der Waals surface area contributed by atoms with E-state index >= 15 is 0 Å². The predicted octanol–water partition coefficient (Wildman–Crippen LogP) is 1.51. The molecule has 0 amide bonds. The second kappa shape index (κ2) is 5.16. The third-order valence-corrected chi connectivity index (χ3v) is 4.86. The molecule has 19 heavy (non-hydrogen) atoms. The standard InChI is InChI=1S/C12H14FNO4S/c13-10-6-8(12(15)16)3-4-11(10)14-9-2-1-5-19(17,18)7-9/h3-4,6,9,14H,1-2,5,7H2,(H,15,16). The number of benzene rings is 1. The van der Waals surface area contributed by atoms with Gasteiger partial charge >= 0.3 is 5.97 Å². The third kappa shape index (κ3) is 3.44. The number of carboxylic acid groups (broad SMARTS) is 1. The number of anilines is 1. The Bertz CT molecular complexity index is 600. The summed E-state index contributed by atoms with van der Waals surface area (Å²) in [6.07, 6.45) is 1.20. The molecule has 104 valence electrons. The van der Waals surface area contributed by atoms with Crippen LogP contribution in [0.5, 0.6) is 0 Å². The summed E-state index contributed by atoms with van der Waals surface area (Å²) in [5, 5.41) is 11.5. The smallest absolute Gasteiger partial charge is 0.335 e. The van der Waals surface area contributed by atoms with Crippen LogP contribution in [0.25, 0.3) is 0 Å². The van der Waals surface area contributed by atoms with E-state index in [0.717, 1.165) is 6.07 Å². The molecule has 1 aliphatic heterocycles. The summed E-state index contributed by atoms with van der Waals surface area (Å²) >= 11 is 0. The Morgan fingerprint density at radius 2 is 2.16 bits per heavy atom. The van der Waals surface area contributed by atoms with Crippen molar-refractivity contribution in [3.8, 4) is 0 Å². The molecule has 1 unspecified atom stereocenters. The first-order chi connectivity index (χ1) is 8.87. The van der Waals surface area contributed by atoms with Gasteiger partial charge in [0.1, 0.15) is 5.82 Å². The summed E-state index contributed by atoms with van der Waals surface area (Å²) in [5.74, 6) is -1.74. The summed E-state index contributed by atoms with van der Waals surface area (Å²) in [6.45, 7) is 0. The maximum atomic E-state index is 13.7. The van der Waals surface area contributed by atoms with Gasteiger partial charge in [-0.25, -0.2) is 17.6 Å². The van der Waals surface area contributed by atoms with Crippen molar-refractivity contribution in [1.82, 2.24) is 0 Å². The van der Waals surface area contributed by atoms with Crippen LogP contribution < -0.4 is 5.32 Å². The number of carbonyl (C=O) groups is 1. The summed E-state index contributed by atoms with van der Waals surface area (Å²) in [7, 11) is -3.07. The molecule has 1 aromatic rings. The van der Waals surface area contributed by atoms with Crippen LogP contribution in [0.2, 0.25) is 0 Å². The average Bonchev–Trinajstić information content (AvgIpc) is 2.30. The molecule has 1 saturated heterocycles. The largest absolute Gasteiger partial charge is 0.478 e. The van der Waals surface area contributed by atoms with Crippen LogP contribution in [0.1, 0.15) is 23.2 Å². The number of hydrogen-bond donors (Lipinski definition) is 2. The zero-order valence-electron chi connectivity index (χ0n) is 10.1. The van der Waals surface area contributed by atoms with Crippen LogP contribution in [-0.2, 0) is 9.84 Å². The number of hydrogen-bond acceptors (Lipinski definition) is 4. The maximum Gasteiger partial charge on any atom is 0.335 e. The molecule has 0 aromatic heterocycles. The first-order valence-electron chi connectivity index (χ1n) is 5.87. The highest BCUT2D eigenvalue weighted by Crippen LogP contribution is 2.21. The molecule has 1 aliphatic rings. The van der Waals surface area contributed by atoms with Gasteiger partial charge in [0.25, 0.3) is 0 Å². The molecular formula is C12H14FNO4S.